The van der Waals surface area contributed by atoms with Gasteiger partial charge in [0.25, 0.3) is 0 Å². The molecule has 0 spiro atoms. The molecule has 0 fully saturated rings. The first kappa shape index (κ1) is 26.0. The third kappa shape index (κ3) is 14.2. The van der Waals surface area contributed by atoms with Gasteiger partial charge in [0.15, 0.2) is 0 Å². The minimum Gasteiger partial charge on any atom is -0.210 e. The first-order valence-electron chi connectivity index (χ1n) is 9.25. The fourth-order valence-electron chi connectivity index (χ4n) is 2.33. The minimum absolute atomic E-state index is 0. The molecule has 133 valence electrons. The van der Waals surface area contributed by atoms with Crippen molar-refractivity contribution in [3.8, 4) is 0 Å². The summed E-state index contributed by atoms with van der Waals surface area (Å²) in [6.07, 6.45) is 7.75. The molecule has 2 aromatic carbocycles. The molecule has 0 saturated carbocycles. The summed E-state index contributed by atoms with van der Waals surface area (Å²) in [5.41, 5.74) is 5.79. The number of rotatable bonds is 6. The van der Waals surface area contributed by atoms with Crippen LogP contribution in [0.3, 0.4) is 0 Å². The maximum Gasteiger partial charge on any atom is 2.00 e. The van der Waals surface area contributed by atoms with Gasteiger partial charge in [-0.15, -0.1) is 0 Å². The van der Waals surface area contributed by atoms with Gasteiger partial charge in [0, 0.05) is 9.52 Å². The summed E-state index contributed by atoms with van der Waals surface area (Å²) in [7, 11) is 0.750. The van der Waals surface area contributed by atoms with E-state index < -0.39 is 0 Å². The molecule has 0 nitrogen and oxygen atoms in total. The molecule has 0 saturated heterocycles. The van der Waals surface area contributed by atoms with Gasteiger partial charge in [-0.3, -0.25) is 0 Å². The van der Waals surface area contributed by atoms with Gasteiger partial charge in [-0.2, -0.15) is 46.5 Å². The van der Waals surface area contributed by atoms with E-state index in [0.717, 1.165) is 9.52 Å². The van der Waals surface area contributed by atoms with E-state index in [1.54, 1.807) is 0 Å². The fraction of sp³-hybridized carbons (Fsp3) is 0.545. The predicted octanol–water partition coefficient (Wildman–Crippen LogP) is 6.63. The minimum atomic E-state index is 0. The normalized spacial score (nSPS) is 9.25. The Labute approximate surface area is 173 Å². The van der Waals surface area contributed by atoms with Crippen LogP contribution in [-0.4, -0.2) is 9.52 Å². The molecule has 0 aliphatic heterocycles. The van der Waals surface area contributed by atoms with E-state index in [0.29, 0.717) is 0 Å². The topological polar surface area (TPSA) is 0 Å². The van der Waals surface area contributed by atoms with Crippen molar-refractivity contribution in [1.29, 1.82) is 0 Å². The van der Waals surface area contributed by atoms with Crippen molar-refractivity contribution in [2.75, 3.05) is 0 Å². The Kier molecular flexibility index (Phi) is 19.1. The van der Waals surface area contributed by atoms with E-state index in [-0.39, 0.29) is 26.2 Å². The van der Waals surface area contributed by atoms with E-state index in [2.05, 4.69) is 77.2 Å². The molecule has 0 aliphatic rings. The van der Waals surface area contributed by atoms with Crippen LogP contribution in [0.5, 0.6) is 0 Å². The van der Waals surface area contributed by atoms with Gasteiger partial charge in [0.1, 0.15) is 0 Å². The molecule has 0 aliphatic carbocycles. The van der Waals surface area contributed by atoms with Crippen LogP contribution in [0.2, 0.25) is 13.1 Å². The Morgan fingerprint density at radius 2 is 1.12 bits per heavy atom. The third-order valence-electron chi connectivity index (χ3n) is 3.58. The number of unbranched alkanes of at least 4 members (excludes halogenated alkanes) is 2. The zero-order chi connectivity index (χ0) is 17.5. The summed E-state index contributed by atoms with van der Waals surface area (Å²) >= 11 is 0. The number of hydrogen-bond donors (Lipinski definition) is 0. The summed E-state index contributed by atoms with van der Waals surface area (Å²) < 4.78 is 0. The van der Waals surface area contributed by atoms with Gasteiger partial charge in [0.2, 0.25) is 0 Å². The maximum atomic E-state index is 2.27. The maximum absolute atomic E-state index is 2.27. The van der Waals surface area contributed by atoms with Crippen molar-refractivity contribution in [2.45, 2.75) is 79.3 Å². The van der Waals surface area contributed by atoms with E-state index >= 15 is 0 Å². The van der Waals surface area contributed by atoms with Crippen molar-refractivity contribution in [3.05, 3.63) is 58.7 Å². The number of aryl methyl sites for hydroxylation is 4. The Morgan fingerprint density at radius 1 is 0.792 bits per heavy atom. The van der Waals surface area contributed by atoms with Crippen LogP contribution in [0.1, 0.15) is 61.8 Å². The predicted molar refractivity (Wildman–Crippen MR) is 110 cm³/mol. The van der Waals surface area contributed by atoms with Crippen LogP contribution in [0.4, 0.5) is 0 Å². The molecule has 0 heterocycles. The van der Waals surface area contributed by atoms with Crippen molar-refractivity contribution in [3.63, 3.8) is 0 Å². The van der Waals surface area contributed by atoms with E-state index in [1.165, 1.54) is 60.8 Å². The molecule has 0 atom stereocenters. The van der Waals surface area contributed by atoms with Crippen LogP contribution in [0.15, 0.2) is 36.4 Å². The van der Waals surface area contributed by atoms with E-state index in [4.69, 9.17) is 0 Å². The first-order valence-corrected chi connectivity index (χ1v) is 11.6. The summed E-state index contributed by atoms with van der Waals surface area (Å²) in [4.78, 5) is 0. The second-order valence-electron chi connectivity index (χ2n) is 6.38. The Morgan fingerprint density at radius 3 is 1.33 bits per heavy atom. The zero-order valence-electron chi connectivity index (χ0n) is 16.8. The van der Waals surface area contributed by atoms with Crippen LogP contribution in [0.25, 0.3) is 0 Å². The standard InChI is InChI=1S/2C10H15.C2H7Si.Zr/c2*1-3-4-5-10-7-6-9(2)8-10;1-3-2;/h2*6-8H,3-5H2,1-2H3;3H,1-2H3;/q2*-1;;+2. The molecular weight excluding hydrogens is 384 g/mol. The summed E-state index contributed by atoms with van der Waals surface area (Å²) in [6.45, 7) is 13.2. The van der Waals surface area contributed by atoms with Crippen LogP contribution in [-0.2, 0) is 39.0 Å². The number of hydrogen-bond acceptors (Lipinski definition) is 0. The van der Waals surface area contributed by atoms with Crippen molar-refractivity contribution in [1.82, 2.24) is 0 Å². The van der Waals surface area contributed by atoms with Gasteiger partial charge in [-0.25, -0.2) is 12.1 Å². The average molecular weight is 421 g/mol. The van der Waals surface area contributed by atoms with Crippen LogP contribution in [0, 0.1) is 13.8 Å². The van der Waals surface area contributed by atoms with Gasteiger partial charge >= 0.3 is 26.2 Å². The first-order chi connectivity index (χ1) is 11.1. The third-order valence-corrected chi connectivity index (χ3v) is 3.58. The molecule has 2 heteroatoms. The second-order valence-corrected chi connectivity index (χ2v) is 7.53. The SMILES string of the molecule is CCCCc1cc[c-](C)c1.CCCCc1cc[c-](C)c1.C[SiH]C.[Zr+2]. The molecule has 24 heavy (non-hydrogen) atoms. The zero-order valence-corrected chi connectivity index (χ0v) is 20.4. The van der Waals surface area contributed by atoms with Crippen LogP contribution >= 0.6 is 0 Å². The molecule has 2 aromatic rings. The van der Waals surface area contributed by atoms with Crippen molar-refractivity contribution in [2.24, 2.45) is 0 Å². The molecule has 0 N–H and O–H groups in total. The van der Waals surface area contributed by atoms with E-state index in [9.17, 15) is 0 Å². The second kappa shape index (κ2) is 17.6. The Balaban J connectivity index is 0. The summed E-state index contributed by atoms with van der Waals surface area (Å²) in [6, 6.07) is 13.4. The van der Waals surface area contributed by atoms with Crippen LogP contribution < -0.4 is 0 Å². The quantitative estimate of drug-likeness (QED) is 0.363. The molecular formula is C22H37SiZr. The molecule has 0 aromatic heterocycles. The fourth-order valence-corrected chi connectivity index (χ4v) is 2.33. The molecule has 0 bridgehead atoms. The van der Waals surface area contributed by atoms with Gasteiger partial charge < -0.3 is 0 Å². The van der Waals surface area contributed by atoms with Gasteiger partial charge in [-0.1, -0.05) is 79.3 Å². The smallest absolute Gasteiger partial charge is 0.210 e. The Hall–Kier alpha value is -0.200. The van der Waals surface area contributed by atoms with Crippen molar-refractivity contribution >= 4 is 9.52 Å². The molecule has 0 unspecified atom stereocenters. The van der Waals surface area contributed by atoms with Gasteiger partial charge in [0.05, 0.1) is 0 Å². The Bertz CT molecular complexity index is 437. The van der Waals surface area contributed by atoms with Gasteiger partial charge in [-0.05, 0) is 0 Å². The summed E-state index contributed by atoms with van der Waals surface area (Å²) in [5.74, 6) is 0. The largest absolute Gasteiger partial charge is 2.00 e. The molecule has 0 amide bonds. The molecule has 1 radical (unpaired) electrons. The molecule has 2 rings (SSSR count). The van der Waals surface area contributed by atoms with Crippen molar-refractivity contribution < 1.29 is 26.2 Å². The summed E-state index contributed by atoms with van der Waals surface area (Å²) in [5, 5.41) is 0. The van der Waals surface area contributed by atoms with E-state index in [1.807, 2.05) is 0 Å². The average Bonchev–Trinajstić information content (AvgIpc) is 3.13. The monoisotopic (exact) mass is 419 g/mol.